The van der Waals surface area contributed by atoms with E-state index < -0.39 is 16.7 Å². The van der Waals surface area contributed by atoms with Crippen LogP contribution >= 0.6 is 0 Å². The largest absolute Gasteiger partial charge is 0.493 e. The molecule has 9 nitrogen and oxygen atoms in total. The van der Waals surface area contributed by atoms with Crippen molar-refractivity contribution in [2.24, 2.45) is 0 Å². The molecule has 0 aromatic heterocycles. The first-order valence-corrected chi connectivity index (χ1v) is 8.61. The van der Waals surface area contributed by atoms with E-state index in [2.05, 4.69) is 5.43 Å². The number of nitrogens with one attached hydrogen (secondary N) is 1. The normalized spacial score (nSPS) is 14.9. The quantitative estimate of drug-likeness (QED) is 0.359. The second kappa shape index (κ2) is 7.63. The van der Waals surface area contributed by atoms with Crippen LogP contribution in [0, 0.1) is 24.0 Å². The molecule has 1 heterocycles. The van der Waals surface area contributed by atoms with E-state index in [9.17, 15) is 19.7 Å². The van der Waals surface area contributed by atoms with Crippen LogP contribution in [0.15, 0.2) is 35.9 Å². The van der Waals surface area contributed by atoms with Crippen LogP contribution in [0.3, 0.4) is 0 Å². The van der Waals surface area contributed by atoms with Gasteiger partial charge in [0.1, 0.15) is 5.57 Å². The molecule has 1 aliphatic heterocycles. The van der Waals surface area contributed by atoms with E-state index in [4.69, 9.17) is 9.47 Å². The number of benzene rings is 2. The number of amides is 2. The lowest BCUT2D eigenvalue weighted by Gasteiger charge is -2.16. The minimum Gasteiger partial charge on any atom is -0.493 e. The number of aryl methyl sites for hydroxylation is 2. The number of carbonyl (C=O) groups is 2. The number of nitro benzene ring substituents is 1. The average molecular weight is 397 g/mol. The third kappa shape index (κ3) is 3.62. The van der Waals surface area contributed by atoms with Gasteiger partial charge in [-0.1, -0.05) is 6.07 Å². The molecule has 1 aliphatic rings. The van der Waals surface area contributed by atoms with Crippen molar-refractivity contribution in [3.8, 4) is 11.5 Å². The molecule has 2 aromatic rings. The molecule has 1 N–H and O–H groups in total. The van der Waals surface area contributed by atoms with Gasteiger partial charge in [-0.25, -0.2) is 5.01 Å². The molecule has 29 heavy (non-hydrogen) atoms. The van der Waals surface area contributed by atoms with Crippen LogP contribution < -0.4 is 19.9 Å². The molecule has 0 atom stereocenters. The van der Waals surface area contributed by atoms with E-state index in [0.29, 0.717) is 5.69 Å². The number of ether oxygens (including phenoxy) is 2. The third-order valence-electron chi connectivity index (χ3n) is 4.67. The summed E-state index contributed by atoms with van der Waals surface area (Å²) in [7, 11) is 2.74. The molecule has 2 amide bonds. The van der Waals surface area contributed by atoms with E-state index in [1.54, 1.807) is 12.1 Å². The Morgan fingerprint density at radius 1 is 1.03 bits per heavy atom. The first-order valence-electron chi connectivity index (χ1n) is 8.61. The van der Waals surface area contributed by atoms with E-state index in [1.165, 1.54) is 32.4 Å². The highest BCUT2D eigenvalue weighted by atomic mass is 16.6. The van der Waals surface area contributed by atoms with Crippen LogP contribution in [0.2, 0.25) is 0 Å². The summed E-state index contributed by atoms with van der Waals surface area (Å²) in [6.45, 7) is 3.83. The van der Waals surface area contributed by atoms with Gasteiger partial charge in [-0.2, -0.15) is 0 Å². The zero-order valence-electron chi connectivity index (χ0n) is 16.3. The fourth-order valence-electron chi connectivity index (χ4n) is 2.92. The molecule has 3 rings (SSSR count). The molecular formula is C20H19N3O6. The van der Waals surface area contributed by atoms with E-state index in [0.717, 1.165) is 16.1 Å². The maximum Gasteiger partial charge on any atom is 0.282 e. The minimum absolute atomic E-state index is 0.0492. The van der Waals surface area contributed by atoms with E-state index in [-0.39, 0.29) is 28.3 Å². The molecule has 0 aliphatic carbocycles. The molecular weight excluding hydrogens is 378 g/mol. The predicted molar refractivity (Wildman–Crippen MR) is 106 cm³/mol. The van der Waals surface area contributed by atoms with Gasteiger partial charge in [0.25, 0.3) is 17.5 Å². The second-order valence-corrected chi connectivity index (χ2v) is 6.43. The number of methoxy groups -OCH3 is 2. The summed E-state index contributed by atoms with van der Waals surface area (Å²) in [4.78, 5) is 36.1. The van der Waals surface area contributed by atoms with Gasteiger partial charge in [0, 0.05) is 0 Å². The molecule has 0 bridgehead atoms. The van der Waals surface area contributed by atoms with Crippen LogP contribution in [0.25, 0.3) is 6.08 Å². The Labute approximate surface area is 166 Å². The average Bonchev–Trinajstić information content (AvgIpc) is 2.97. The summed E-state index contributed by atoms with van der Waals surface area (Å²) in [5.74, 6) is -0.859. The summed E-state index contributed by atoms with van der Waals surface area (Å²) in [5, 5.41) is 12.6. The standard InChI is InChI=1S/C20H19N3O6/c1-11-5-6-14(7-12(11)2)22-20(25)15(19(24)21-22)8-13-9-17(28-3)18(29-4)10-16(13)23(26)27/h5-10H,1-4H3,(H,21,24)/b15-8+. The predicted octanol–water partition coefficient (Wildman–Crippen LogP) is 2.69. The Morgan fingerprint density at radius 2 is 1.69 bits per heavy atom. The zero-order chi connectivity index (χ0) is 21.3. The Kier molecular flexibility index (Phi) is 5.22. The summed E-state index contributed by atoms with van der Waals surface area (Å²) in [6, 6.07) is 7.86. The van der Waals surface area contributed by atoms with Crippen LogP contribution in [-0.4, -0.2) is 31.0 Å². The van der Waals surface area contributed by atoms with Crippen molar-refractivity contribution in [3.63, 3.8) is 0 Å². The van der Waals surface area contributed by atoms with Crippen LogP contribution in [0.1, 0.15) is 16.7 Å². The number of rotatable bonds is 5. The number of carbonyl (C=O) groups excluding carboxylic acids is 2. The van der Waals surface area contributed by atoms with E-state index in [1.807, 2.05) is 19.9 Å². The number of nitro groups is 1. The third-order valence-corrected chi connectivity index (χ3v) is 4.67. The monoisotopic (exact) mass is 397 g/mol. The number of hydrazine groups is 1. The number of hydrogen-bond acceptors (Lipinski definition) is 6. The summed E-state index contributed by atoms with van der Waals surface area (Å²) in [6.07, 6.45) is 1.18. The molecule has 0 unspecified atom stereocenters. The van der Waals surface area contributed by atoms with Crippen molar-refractivity contribution < 1.29 is 24.0 Å². The molecule has 0 saturated carbocycles. The van der Waals surface area contributed by atoms with Gasteiger partial charge in [-0.3, -0.25) is 25.1 Å². The summed E-state index contributed by atoms with van der Waals surface area (Å²) >= 11 is 0. The lowest BCUT2D eigenvalue weighted by molar-refractivity contribution is -0.385. The minimum atomic E-state index is -0.655. The van der Waals surface area contributed by atoms with Gasteiger partial charge >= 0.3 is 0 Å². The molecule has 9 heteroatoms. The SMILES string of the molecule is COc1cc(/C=C2\C(=O)NN(c3ccc(C)c(C)c3)C2=O)c([N+](=O)[O-])cc1OC. The van der Waals surface area contributed by atoms with E-state index >= 15 is 0 Å². The van der Waals surface area contributed by atoms with Crippen molar-refractivity contribution in [1.82, 2.24) is 5.43 Å². The Bertz CT molecular complexity index is 1060. The maximum absolute atomic E-state index is 12.8. The van der Waals surface area contributed by atoms with Crippen LogP contribution in [-0.2, 0) is 9.59 Å². The Balaban J connectivity index is 2.06. The molecule has 1 fully saturated rings. The van der Waals surface area contributed by atoms with Crippen molar-refractivity contribution in [3.05, 3.63) is 62.7 Å². The summed E-state index contributed by atoms with van der Waals surface area (Å²) in [5.41, 5.74) is 4.49. The topological polar surface area (TPSA) is 111 Å². The zero-order valence-corrected chi connectivity index (χ0v) is 16.3. The van der Waals surface area contributed by atoms with Gasteiger partial charge in [0.05, 0.1) is 36.5 Å². The number of hydrogen-bond donors (Lipinski definition) is 1. The van der Waals surface area contributed by atoms with Gasteiger partial charge in [0.2, 0.25) is 0 Å². The highest BCUT2D eigenvalue weighted by Gasteiger charge is 2.35. The Morgan fingerprint density at radius 3 is 2.28 bits per heavy atom. The highest BCUT2D eigenvalue weighted by molar-refractivity contribution is 6.31. The van der Waals surface area contributed by atoms with Gasteiger partial charge < -0.3 is 9.47 Å². The fourth-order valence-corrected chi connectivity index (χ4v) is 2.92. The fraction of sp³-hybridized carbons (Fsp3) is 0.200. The van der Waals surface area contributed by atoms with Crippen molar-refractivity contribution in [2.75, 3.05) is 19.2 Å². The lowest BCUT2D eigenvalue weighted by Crippen LogP contribution is -2.35. The lowest BCUT2D eigenvalue weighted by atomic mass is 10.1. The molecule has 150 valence electrons. The van der Waals surface area contributed by atoms with Crippen LogP contribution in [0.4, 0.5) is 11.4 Å². The van der Waals surface area contributed by atoms with Gasteiger partial charge in [-0.15, -0.1) is 0 Å². The number of nitrogens with zero attached hydrogens (tertiary/aromatic N) is 2. The first kappa shape index (κ1) is 19.9. The molecule has 2 aromatic carbocycles. The first-order chi connectivity index (χ1) is 13.8. The highest BCUT2D eigenvalue weighted by Crippen LogP contribution is 2.36. The second-order valence-electron chi connectivity index (χ2n) is 6.43. The Hall–Kier alpha value is -3.88. The van der Waals surface area contributed by atoms with Gasteiger partial charge in [0.15, 0.2) is 11.5 Å². The van der Waals surface area contributed by atoms with Gasteiger partial charge in [-0.05, 0) is 49.2 Å². The molecule has 1 saturated heterocycles. The smallest absolute Gasteiger partial charge is 0.282 e. The van der Waals surface area contributed by atoms with Crippen molar-refractivity contribution in [2.45, 2.75) is 13.8 Å². The number of anilines is 1. The maximum atomic E-state index is 12.8. The van der Waals surface area contributed by atoms with Crippen molar-refractivity contribution >= 4 is 29.3 Å². The van der Waals surface area contributed by atoms with Crippen LogP contribution in [0.5, 0.6) is 11.5 Å². The van der Waals surface area contributed by atoms with Crippen molar-refractivity contribution in [1.29, 1.82) is 0 Å². The molecule has 0 spiro atoms. The summed E-state index contributed by atoms with van der Waals surface area (Å²) < 4.78 is 10.3. The molecule has 0 radical (unpaired) electrons.